The fraction of sp³-hybridized carbons (Fsp3) is 0. The van der Waals surface area contributed by atoms with E-state index in [-0.39, 0.29) is 0 Å². The van der Waals surface area contributed by atoms with Crippen LogP contribution < -0.4 is 9.80 Å². The van der Waals surface area contributed by atoms with Gasteiger partial charge in [-0.25, -0.2) is 0 Å². The highest BCUT2D eigenvalue weighted by Crippen LogP contribution is 2.47. The van der Waals surface area contributed by atoms with Crippen LogP contribution in [0.15, 0.2) is 233 Å². The van der Waals surface area contributed by atoms with E-state index in [9.17, 15) is 0 Å². The van der Waals surface area contributed by atoms with Gasteiger partial charge in [0.05, 0.1) is 27.9 Å². The number of para-hydroxylation sites is 7. The van der Waals surface area contributed by atoms with Crippen molar-refractivity contribution in [1.82, 2.24) is 4.40 Å². The van der Waals surface area contributed by atoms with Crippen molar-refractivity contribution in [3.8, 4) is 0 Å². The minimum absolute atomic E-state index is 0.868. The molecule has 4 aromatic heterocycles. The summed E-state index contributed by atoms with van der Waals surface area (Å²) in [6.07, 6.45) is 0. The Hall–Kier alpha value is -9.06. The Balaban J connectivity index is 0.934. The van der Waals surface area contributed by atoms with Gasteiger partial charge < -0.3 is 23.0 Å². The predicted molar refractivity (Wildman–Crippen MR) is 280 cm³/mol. The maximum Gasteiger partial charge on any atom is 0.159 e. The van der Waals surface area contributed by atoms with E-state index in [2.05, 4.69) is 214 Å². The Morgan fingerprint density at radius 1 is 0.284 bits per heavy atom. The zero-order valence-electron chi connectivity index (χ0n) is 36.0. The van der Waals surface area contributed by atoms with Gasteiger partial charge in [0.25, 0.3) is 0 Å². The largest absolute Gasteiger partial charge is 0.454 e. The maximum atomic E-state index is 6.63. The minimum Gasteiger partial charge on any atom is -0.454 e. The molecule has 4 heterocycles. The number of hydrogen-bond acceptors (Lipinski definition) is 4. The first kappa shape index (κ1) is 36.3. The van der Waals surface area contributed by atoms with E-state index in [1.54, 1.807) is 0 Å². The van der Waals surface area contributed by atoms with Crippen molar-refractivity contribution in [2.45, 2.75) is 0 Å². The van der Waals surface area contributed by atoms with Crippen molar-refractivity contribution in [3.63, 3.8) is 0 Å². The number of aromatic nitrogens is 1. The first-order valence-corrected chi connectivity index (χ1v) is 22.8. The molecule has 0 amide bonds. The van der Waals surface area contributed by atoms with E-state index in [4.69, 9.17) is 8.83 Å². The van der Waals surface area contributed by atoms with Gasteiger partial charge in [0.15, 0.2) is 11.2 Å². The van der Waals surface area contributed by atoms with E-state index in [1.165, 1.54) is 48.9 Å². The summed E-state index contributed by atoms with van der Waals surface area (Å²) >= 11 is 0. The highest BCUT2D eigenvalue weighted by molar-refractivity contribution is 6.26. The van der Waals surface area contributed by atoms with Crippen LogP contribution in [0.2, 0.25) is 0 Å². The van der Waals surface area contributed by atoms with E-state index in [0.717, 1.165) is 88.8 Å². The van der Waals surface area contributed by atoms with Crippen LogP contribution >= 0.6 is 0 Å². The van der Waals surface area contributed by atoms with Gasteiger partial charge in [-0.05, 0) is 119 Å². The average Bonchev–Trinajstić information content (AvgIpc) is 4.14. The highest BCUT2D eigenvalue weighted by atomic mass is 16.3. The summed E-state index contributed by atoms with van der Waals surface area (Å²) in [6.45, 7) is 0. The van der Waals surface area contributed by atoms with Gasteiger partial charge in [-0.1, -0.05) is 127 Å². The third-order valence-corrected chi connectivity index (χ3v) is 14.0. The molecule has 0 spiro atoms. The SMILES string of the molecule is c1ccc(N(c2ccc3cc4c5cccc6c7cc8ccc(N(c9ccccc9)c9cccc%10c9oc9ccccc9%10)cc8cc7n(c4cc3c2)c56)c2cccc3c2oc2ccccc23)cc1. The van der Waals surface area contributed by atoms with Crippen LogP contribution in [0.3, 0.4) is 0 Å². The molecule has 15 aromatic rings. The average molecular weight is 856 g/mol. The summed E-state index contributed by atoms with van der Waals surface area (Å²) in [7, 11) is 0. The molecule has 312 valence electrons. The predicted octanol–water partition coefficient (Wildman–Crippen LogP) is 17.9. The summed E-state index contributed by atoms with van der Waals surface area (Å²) < 4.78 is 15.8. The first-order chi connectivity index (χ1) is 33.2. The lowest BCUT2D eigenvalue weighted by Gasteiger charge is -2.26. The number of furan rings is 2. The quantitative estimate of drug-likeness (QED) is 0.167. The smallest absolute Gasteiger partial charge is 0.159 e. The molecule has 15 rings (SSSR count). The van der Waals surface area contributed by atoms with Crippen LogP contribution in [0.4, 0.5) is 34.1 Å². The lowest BCUT2D eigenvalue weighted by atomic mass is 10.0. The number of anilines is 6. The highest BCUT2D eigenvalue weighted by Gasteiger charge is 2.23. The van der Waals surface area contributed by atoms with Crippen molar-refractivity contribution in [2.24, 2.45) is 0 Å². The molecular weight excluding hydrogens is 819 g/mol. The number of rotatable bonds is 6. The fourth-order valence-electron chi connectivity index (χ4n) is 11.0. The molecule has 0 aliphatic rings. The molecule has 0 saturated heterocycles. The van der Waals surface area contributed by atoms with Gasteiger partial charge in [0.1, 0.15) is 11.2 Å². The van der Waals surface area contributed by atoms with Crippen LogP contribution in [-0.2, 0) is 0 Å². The van der Waals surface area contributed by atoms with Crippen molar-refractivity contribution < 1.29 is 8.83 Å². The molecule has 0 fully saturated rings. The molecule has 0 unspecified atom stereocenters. The molecule has 0 bridgehead atoms. The molecule has 11 aromatic carbocycles. The number of fused-ring (bicyclic) bond motifs is 14. The molecule has 5 heteroatoms. The maximum absolute atomic E-state index is 6.63. The van der Waals surface area contributed by atoms with Crippen molar-refractivity contribution in [2.75, 3.05) is 9.80 Å². The van der Waals surface area contributed by atoms with Crippen molar-refractivity contribution in [1.29, 1.82) is 0 Å². The molecular formula is C62H37N3O2. The third kappa shape index (κ3) is 5.25. The molecule has 0 saturated carbocycles. The van der Waals surface area contributed by atoms with Crippen LogP contribution in [0, 0.1) is 0 Å². The zero-order chi connectivity index (χ0) is 43.7. The zero-order valence-corrected chi connectivity index (χ0v) is 36.0. The fourth-order valence-corrected chi connectivity index (χ4v) is 11.0. The molecule has 0 radical (unpaired) electrons. The lowest BCUT2D eigenvalue weighted by Crippen LogP contribution is -2.10. The molecule has 67 heavy (non-hydrogen) atoms. The Morgan fingerprint density at radius 3 is 1.19 bits per heavy atom. The third-order valence-electron chi connectivity index (χ3n) is 14.0. The molecule has 0 aliphatic heterocycles. The summed E-state index contributed by atoms with van der Waals surface area (Å²) in [5.74, 6) is 0. The second kappa shape index (κ2) is 13.7. The number of hydrogen-bond donors (Lipinski definition) is 0. The summed E-state index contributed by atoms with van der Waals surface area (Å²) in [4.78, 5) is 4.65. The summed E-state index contributed by atoms with van der Waals surface area (Å²) in [5, 5.41) is 14.2. The Morgan fingerprint density at radius 2 is 0.701 bits per heavy atom. The molecule has 0 atom stereocenters. The van der Waals surface area contributed by atoms with Gasteiger partial charge >= 0.3 is 0 Å². The molecule has 5 nitrogen and oxygen atoms in total. The molecule has 0 N–H and O–H groups in total. The van der Waals surface area contributed by atoms with Gasteiger partial charge in [-0.15, -0.1) is 0 Å². The topological polar surface area (TPSA) is 37.2 Å². The Bertz CT molecular complexity index is 4190. The van der Waals surface area contributed by atoms with Gasteiger partial charge in [0.2, 0.25) is 0 Å². The second-order valence-electron chi connectivity index (χ2n) is 17.7. The van der Waals surface area contributed by atoms with Crippen LogP contribution in [0.5, 0.6) is 0 Å². The van der Waals surface area contributed by atoms with Gasteiger partial charge in [-0.3, -0.25) is 0 Å². The monoisotopic (exact) mass is 855 g/mol. The van der Waals surface area contributed by atoms with E-state index in [0.29, 0.717) is 0 Å². The number of benzene rings is 11. The lowest BCUT2D eigenvalue weighted by molar-refractivity contribution is 0.668. The van der Waals surface area contributed by atoms with Crippen LogP contribution in [0.1, 0.15) is 0 Å². The van der Waals surface area contributed by atoms with Crippen molar-refractivity contribution in [3.05, 3.63) is 224 Å². The first-order valence-electron chi connectivity index (χ1n) is 22.8. The van der Waals surface area contributed by atoms with E-state index < -0.39 is 0 Å². The van der Waals surface area contributed by atoms with Crippen molar-refractivity contribution >= 4 is 138 Å². The van der Waals surface area contributed by atoms with Gasteiger partial charge in [-0.2, -0.15) is 0 Å². The Labute approximate surface area is 383 Å². The summed E-state index contributed by atoms with van der Waals surface area (Å²) in [5.41, 5.74) is 13.4. The van der Waals surface area contributed by atoms with E-state index in [1.807, 2.05) is 24.3 Å². The molecule has 0 aliphatic carbocycles. The Kier molecular flexibility index (Phi) is 7.44. The van der Waals surface area contributed by atoms with Gasteiger partial charge in [0, 0.05) is 65.8 Å². The summed E-state index contributed by atoms with van der Waals surface area (Å²) in [6, 6.07) is 80.7. The minimum atomic E-state index is 0.868. The normalized spacial score (nSPS) is 12.2. The van der Waals surface area contributed by atoms with Crippen LogP contribution in [-0.4, -0.2) is 4.40 Å². The second-order valence-corrected chi connectivity index (χ2v) is 17.7. The number of nitrogens with zero attached hydrogens (tertiary/aromatic N) is 3. The van der Waals surface area contributed by atoms with E-state index >= 15 is 0 Å². The van der Waals surface area contributed by atoms with Crippen LogP contribution in [0.25, 0.3) is 104 Å². The standard InChI is InChI=1S/C62H37N3O2/c1-3-14-42(15-4-1)63(54-24-12-22-50-46-18-7-9-26-58(46)66-61(50)54)44-30-28-38-34-52-48-20-11-21-49-53-35-39-29-31-45(33-41(39)37-57(53)65(60(48)49)56(52)36-40(38)32-44)64(43-16-5-2-6-17-43)55-25-13-23-51-47-19-8-10-27-59(47)67-62(51)55/h1-37H.